The van der Waals surface area contributed by atoms with Gasteiger partial charge in [-0.1, -0.05) is 20.8 Å². The van der Waals surface area contributed by atoms with E-state index in [-0.39, 0.29) is 12.0 Å². The lowest BCUT2D eigenvalue weighted by Gasteiger charge is -2.34. The Morgan fingerprint density at radius 2 is 1.81 bits per heavy atom. The summed E-state index contributed by atoms with van der Waals surface area (Å²) in [5.74, 6) is -0.745. The zero-order valence-electron chi connectivity index (χ0n) is 13.5. The first-order valence-electron chi connectivity index (χ1n) is 7.45. The second-order valence-electron chi connectivity index (χ2n) is 6.87. The van der Waals surface area contributed by atoms with Crippen LogP contribution in [0.1, 0.15) is 32.0 Å². The molecule has 1 N–H and O–H groups in total. The average molecular weight is 294 g/mol. The third kappa shape index (κ3) is 4.28. The highest BCUT2D eigenvalue weighted by molar-refractivity contribution is 5.69. The standard InChI is InChI=1S/C15H26N4O2/c1-15(2,3)14-12(9-17(4)16-14)10-18-5-7-19(8-6-18)11-13(20)21/h9H,5-8,10-11H2,1-4H3,(H,20,21). The second-order valence-corrected chi connectivity index (χ2v) is 6.87. The van der Waals surface area contributed by atoms with Crippen molar-refractivity contribution in [3.8, 4) is 0 Å². The van der Waals surface area contributed by atoms with Gasteiger partial charge in [0.25, 0.3) is 0 Å². The Morgan fingerprint density at radius 3 is 2.33 bits per heavy atom. The summed E-state index contributed by atoms with van der Waals surface area (Å²) in [6.45, 7) is 11.0. The molecule has 0 spiro atoms. The van der Waals surface area contributed by atoms with Crippen LogP contribution in [-0.2, 0) is 23.8 Å². The SMILES string of the molecule is Cn1cc(CN2CCN(CC(=O)O)CC2)c(C(C)(C)C)n1. The predicted molar refractivity (Wildman–Crippen MR) is 81.3 cm³/mol. The van der Waals surface area contributed by atoms with Gasteiger partial charge in [0, 0.05) is 56.9 Å². The van der Waals surface area contributed by atoms with E-state index in [0.29, 0.717) is 0 Å². The molecule has 1 aromatic heterocycles. The third-order valence-electron chi connectivity index (χ3n) is 3.83. The molecule has 0 amide bonds. The summed E-state index contributed by atoms with van der Waals surface area (Å²) >= 11 is 0. The van der Waals surface area contributed by atoms with Crippen LogP contribution in [0.15, 0.2) is 6.20 Å². The normalized spacial score (nSPS) is 18.1. The van der Waals surface area contributed by atoms with Crippen molar-refractivity contribution in [2.24, 2.45) is 7.05 Å². The Kier molecular flexibility index (Phi) is 4.68. The monoisotopic (exact) mass is 294 g/mol. The summed E-state index contributed by atoms with van der Waals surface area (Å²) in [6, 6.07) is 0. The zero-order valence-corrected chi connectivity index (χ0v) is 13.5. The zero-order chi connectivity index (χ0) is 15.6. The largest absolute Gasteiger partial charge is 0.480 e. The van der Waals surface area contributed by atoms with Gasteiger partial charge in [0.15, 0.2) is 0 Å². The molecule has 6 nitrogen and oxygen atoms in total. The molecule has 0 aliphatic carbocycles. The average Bonchev–Trinajstić information content (AvgIpc) is 2.72. The first kappa shape index (κ1) is 16.0. The number of hydrogen-bond acceptors (Lipinski definition) is 4. The third-order valence-corrected chi connectivity index (χ3v) is 3.83. The van der Waals surface area contributed by atoms with Crippen LogP contribution in [0.2, 0.25) is 0 Å². The van der Waals surface area contributed by atoms with E-state index in [0.717, 1.165) is 38.4 Å². The number of rotatable bonds is 4. The molecule has 0 unspecified atom stereocenters. The molecule has 1 fully saturated rings. The highest BCUT2D eigenvalue weighted by Gasteiger charge is 2.25. The van der Waals surface area contributed by atoms with E-state index in [1.165, 1.54) is 5.56 Å². The Bertz CT molecular complexity index is 496. The number of carbonyl (C=O) groups is 1. The smallest absolute Gasteiger partial charge is 0.317 e. The van der Waals surface area contributed by atoms with Crippen molar-refractivity contribution in [2.45, 2.75) is 32.7 Å². The van der Waals surface area contributed by atoms with E-state index in [1.54, 1.807) is 0 Å². The molecule has 21 heavy (non-hydrogen) atoms. The lowest BCUT2D eigenvalue weighted by atomic mass is 9.89. The fraction of sp³-hybridized carbons (Fsp3) is 0.733. The number of aromatic nitrogens is 2. The summed E-state index contributed by atoms with van der Waals surface area (Å²) in [5.41, 5.74) is 2.47. The lowest BCUT2D eigenvalue weighted by Crippen LogP contribution is -2.47. The van der Waals surface area contributed by atoms with Gasteiger partial charge in [0.05, 0.1) is 12.2 Å². The number of hydrogen-bond donors (Lipinski definition) is 1. The van der Waals surface area contributed by atoms with Gasteiger partial charge >= 0.3 is 5.97 Å². The minimum absolute atomic E-state index is 0.0434. The fourth-order valence-electron chi connectivity index (χ4n) is 2.82. The lowest BCUT2D eigenvalue weighted by molar-refractivity contribution is -0.138. The minimum Gasteiger partial charge on any atom is -0.480 e. The van der Waals surface area contributed by atoms with Gasteiger partial charge in [-0.15, -0.1) is 0 Å². The van der Waals surface area contributed by atoms with Crippen molar-refractivity contribution in [3.63, 3.8) is 0 Å². The maximum Gasteiger partial charge on any atom is 0.317 e. The Morgan fingerprint density at radius 1 is 1.24 bits per heavy atom. The highest BCUT2D eigenvalue weighted by atomic mass is 16.4. The molecule has 2 heterocycles. The summed E-state index contributed by atoms with van der Waals surface area (Å²) in [5, 5.41) is 13.4. The van der Waals surface area contributed by atoms with Gasteiger partial charge in [-0.05, 0) is 0 Å². The van der Waals surface area contributed by atoms with Crippen LogP contribution in [0.3, 0.4) is 0 Å². The van der Waals surface area contributed by atoms with Crippen LogP contribution < -0.4 is 0 Å². The van der Waals surface area contributed by atoms with E-state index in [2.05, 4.69) is 37.0 Å². The Balaban J connectivity index is 1.96. The van der Waals surface area contributed by atoms with Crippen LogP contribution in [0.4, 0.5) is 0 Å². The summed E-state index contributed by atoms with van der Waals surface area (Å²) in [4.78, 5) is 15.1. The Labute approximate surface area is 126 Å². The van der Waals surface area contributed by atoms with Gasteiger partial charge in [0.2, 0.25) is 0 Å². The second kappa shape index (κ2) is 6.15. The van der Waals surface area contributed by atoms with Crippen molar-refractivity contribution in [2.75, 3.05) is 32.7 Å². The molecule has 6 heteroatoms. The van der Waals surface area contributed by atoms with E-state index in [9.17, 15) is 4.79 Å². The van der Waals surface area contributed by atoms with E-state index in [4.69, 9.17) is 5.11 Å². The predicted octanol–water partition coefficient (Wildman–Crippen LogP) is 0.920. The quantitative estimate of drug-likeness (QED) is 0.895. The van der Waals surface area contributed by atoms with Crippen LogP contribution >= 0.6 is 0 Å². The molecule has 0 aromatic carbocycles. The maximum absolute atomic E-state index is 10.7. The molecule has 0 bridgehead atoms. The number of aryl methyl sites for hydroxylation is 1. The molecule has 0 saturated carbocycles. The molecule has 1 aliphatic rings. The van der Waals surface area contributed by atoms with Gasteiger partial charge in [-0.3, -0.25) is 19.3 Å². The van der Waals surface area contributed by atoms with Crippen LogP contribution in [-0.4, -0.2) is 63.4 Å². The molecule has 1 saturated heterocycles. The summed E-state index contributed by atoms with van der Waals surface area (Å²) < 4.78 is 1.89. The van der Waals surface area contributed by atoms with Gasteiger partial charge in [-0.25, -0.2) is 0 Å². The topological polar surface area (TPSA) is 61.6 Å². The maximum atomic E-state index is 10.7. The van der Waals surface area contributed by atoms with E-state index < -0.39 is 5.97 Å². The highest BCUT2D eigenvalue weighted by Crippen LogP contribution is 2.25. The van der Waals surface area contributed by atoms with Crippen LogP contribution in [0.25, 0.3) is 0 Å². The van der Waals surface area contributed by atoms with Crippen molar-refractivity contribution in [1.29, 1.82) is 0 Å². The molecular formula is C15H26N4O2. The molecule has 0 atom stereocenters. The minimum atomic E-state index is -0.745. The first-order valence-corrected chi connectivity index (χ1v) is 7.45. The van der Waals surface area contributed by atoms with E-state index >= 15 is 0 Å². The van der Waals surface area contributed by atoms with Crippen LogP contribution in [0.5, 0.6) is 0 Å². The number of carboxylic acid groups (broad SMARTS) is 1. The molecule has 0 radical (unpaired) electrons. The van der Waals surface area contributed by atoms with E-state index in [1.807, 2.05) is 16.6 Å². The van der Waals surface area contributed by atoms with Crippen molar-refractivity contribution >= 4 is 5.97 Å². The van der Waals surface area contributed by atoms with Gasteiger partial charge in [0.1, 0.15) is 0 Å². The van der Waals surface area contributed by atoms with Gasteiger partial charge < -0.3 is 5.11 Å². The first-order chi connectivity index (χ1) is 9.75. The number of piperazine rings is 1. The van der Waals surface area contributed by atoms with Crippen molar-refractivity contribution in [3.05, 3.63) is 17.5 Å². The summed E-state index contributed by atoms with van der Waals surface area (Å²) in [6.07, 6.45) is 2.10. The Hall–Kier alpha value is -1.40. The van der Waals surface area contributed by atoms with Gasteiger partial charge in [-0.2, -0.15) is 5.10 Å². The van der Waals surface area contributed by atoms with Crippen molar-refractivity contribution in [1.82, 2.24) is 19.6 Å². The number of carboxylic acids is 1. The molecule has 2 rings (SSSR count). The molecular weight excluding hydrogens is 268 g/mol. The van der Waals surface area contributed by atoms with Crippen molar-refractivity contribution < 1.29 is 9.90 Å². The molecule has 118 valence electrons. The molecule has 1 aliphatic heterocycles. The summed E-state index contributed by atoms with van der Waals surface area (Å²) in [7, 11) is 1.96. The number of aliphatic carboxylic acids is 1. The molecule has 1 aromatic rings. The van der Waals surface area contributed by atoms with Crippen LogP contribution in [0, 0.1) is 0 Å². The number of nitrogens with zero attached hydrogens (tertiary/aromatic N) is 4. The fourth-order valence-corrected chi connectivity index (χ4v) is 2.82.